The van der Waals surface area contributed by atoms with E-state index in [9.17, 15) is 4.79 Å². The van der Waals surface area contributed by atoms with Gasteiger partial charge >= 0.3 is 0 Å². The average Bonchev–Trinajstić information content (AvgIpc) is 3.11. The summed E-state index contributed by atoms with van der Waals surface area (Å²) in [5.74, 6) is 0.606. The molecule has 0 aromatic heterocycles. The highest BCUT2D eigenvalue weighted by Crippen LogP contribution is 2.23. The number of nitrogens with zero attached hydrogens (tertiary/aromatic N) is 1. The van der Waals surface area contributed by atoms with Crippen LogP contribution in [0.3, 0.4) is 0 Å². The number of allylic oxidation sites excluding steroid dienone is 1. The van der Waals surface area contributed by atoms with Gasteiger partial charge in [-0.15, -0.1) is 0 Å². The monoisotopic (exact) mass is 322 g/mol. The van der Waals surface area contributed by atoms with E-state index in [1.807, 2.05) is 6.08 Å². The van der Waals surface area contributed by atoms with Gasteiger partial charge in [0, 0.05) is 44.3 Å². The van der Waals surface area contributed by atoms with Gasteiger partial charge in [0.25, 0.3) is 0 Å². The Morgan fingerprint density at radius 2 is 1.96 bits per heavy atom. The first-order chi connectivity index (χ1) is 11.3. The summed E-state index contributed by atoms with van der Waals surface area (Å²) >= 11 is 0. The number of carbonyl (C=O) groups is 1. The van der Waals surface area contributed by atoms with Crippen molar-refractivity contribution >= 4 is 5.91 Å². The molecular formula is C18H30N2O3. The van der Waals surface area contributed by atoms with E-state index in [1.165, 1.54) is 24.8 Å². The molecule has 2 heterocycles. The van der Waals surface area contributed by atoms with Crippen LogP contribution in [-0.2, 0) is 14.3 Å². The zero-order valence-corrected chi connectivity index (χ0v) is 14.1. The van der Waals surface area contributed by atoms with E-state index in [0.717, 1.165) is 65.3 Å². The van der Waals surface area contributed by atoms with Gasteiger partial charge in [0.2, 0.25) is 5.91 Å². The summed E-state index contributed by atoms with van der Waals surface area (Å²) < 4.78 is 11.0. The molecule has 1 N–H and O–H groups in total. The van der Waals surface area contributed by atoms with Gasteiger partial charge in [-0.2, -0.15) is 0 Å². The van der Waals surface area contributed by atoms with Crippen molar-refractivity contribution in [1.29, 1.82) is 0 Å². The maximum absolute atomic E-state index is 12.3. The third kappa shape index (κ3) is 5.03. The fraction of sp³-hybridized carbons (Fsp3) is 0.833. The summed E-state index contributed by atoms with van der Waals surface area (Å²) in [4.78, 5) is 14.7. The molecule has 0 radical (unpaired) electrons. The van der Waals surface area contributed by atoms with Gasteiger partial charge < -0.3 is 14.8 Å². The number of rotatable bonds is 5. The van der Waals surface area contributed by atoms with Crippen LogP contribution in [0, 0.1) is 5.92 Å². The Hall–Kier alpha value is -0.910. The lowest BCUT2D eigenvalue weighted by atomic mass is 9.94. The molecule has 3 rings (SSSR count). The predicted molar refractivity (Wildman–Crippen MR) is 89.3 cm³/mol. The number of amides is 1. The number of morpholine rings is 1. The third-order valence-corrected chi connectivity index (χ3v) is 5.34. The molecule has 1 amide bonds. The van der Waals surface area contributed by atoms with E-state index in [2.05, 4.69) is 10.2 Å². The topological polar surface area (TPSA) is 50.8 Å². The molecule has 0 aromatic carbocycles. The lowest BCUT2D eigenvalue weighted by Gasteiger charge is -2.37. The number of carbonyl (C=O) groups excluding carboxylic acids is 1. The molecule has 5 nitrogen and oxygen atoms in total. The van der Waals surface area contributed by atoms with Crippen LogP contribution in [0.2, 0.25) is 0 Å². The minimum Gasteiger partial charge on any atom is -0.381 e. The van der Waals surface area contributed by atoms with Crippen LogP contribution in [0.5, 0.6) is 0 Å². The molecule has 2 unspecified atom stereocenters. The Balaban J connectivity index is 1.53. The molecule has 0 bridgehead atoms. The molecule has 3 fully saturated rings. The Morgan fingerprint density at radius 3 is 2.65 bits per heavy atom. The zero-order chi connectivity index (χ0) is 15.9. The lowest BCUT2D eigenvalue weighted by Crippen LogP contribution is -2.52. The molecule has 23 heavy (non-hydrogen) atoms. The lowest BCUT2D eigenvalue weighted by molar-refractivity contribution is -0.117. The van der Waals surface area contributed by atoms with Crippen molar-refractivity contribution in [3.05, 3.63) is 11.6 Å². The first-order valence-corrected chi connectivity index (χ1v) is 9.20. The van der Waals surface area contributed by atoms with Crippen molar-refractivity contribution in [2.45, 2.75) is 44.6 Å². The minimum atomic E-state index is 0.0825. The van der Waals surface area contributed by atoms with Gasteiger partial charge in [0.05, 0.1) is 19.8 Å². The summed E-state index contributed by atoms with van der Waals surface area (Å²) in [6, 6.07) is 0.370. The zero-order valence-electron chi connectivity index (χ0n) is 14.1. The summed E-state index contributed by atoms with van der Waals surface area (Å²) in [6.07, 6.45) is 8.90. The standard InChI is InChI=1S/C18H30N2O3/c21-18(12-15-4-2-1-3-5-15)19-13-17(16-6-9-23-14-16)20-7-10-22-11-8-20/h12,16-17H,1-11,13-14H2,(H,19,21). The summed E-state index contributed by atoms with van der Waals surface area (Å²) in [7, 11) is 0. The number of hydrogen-bond donors (Lipinski definition) is 1. The van der Waals surface area contributed by atoms with E-state index in [0.29, 0.717) is 12.0 Å². The molecule has 0 spiro atoms. The van der Waals surface area contributed by atoms with Gasteiger partial charge in [-0.05, 0) is 32.1 Å². The van der Waals surface area contributed by atoms with Crippen molar-refractivity contribution in [2.75, 3.05) is 46.1 Å². The van der Waals surface area contributed by atoms with Crippen LogP contribution in [0.25, 0.3) is 0 Å². The highest BCUT2D eigenvalue weighted by Gasteiger charge is 2.31. The highest BCUT2D eigenvalue weighted by molar-refractivity contribution is 5.88. The molecule has 1 aliphatic carbocycles. The van der Waals surface area contributed by atoms with E-state index >= 15 is 0 Å². The van der Waals surface area contributed by atoms with Crippen molar-refractivity contribution in [1.82, 2.24) is 10.2 Å². The number of ether oxygens (including phenoxy) is 2. The van der Waals surface area contributed by atoms with Gasteiger partial charge in [0.1, 0.15) is 0 Å². The first kappa shape index (κ1) is 16.9. The third-order valence-electron chi connectivity index (χ3n) is 5.34. The van der Waals surface area contributed by atoms with E-state index in [1.54, 1.807) is 0 Å². The first-order valence-electron chi connectivity index (χ1n) is 9.20. The molecule has 2 aliphatic heterocycles. The Bertz CT molecular complexity index is 404. The van der Waals surface area contributed by atoms with Crippen molar-refractivity contribution in [3.63, 3.8) is 0 Å². The SMILES string of the molecule is O=C(C=C1CCCCC1)NCC(C1CCOC1)N1CCOCC1. The van der Waals surface area contributed by atoms with Crippen LogP contribution in [0.15, 0.2) is 11.6 Å². The quantitative estimate of drug-likeness (QED) is 0.783. The van der Waals surface area contributed by atoms with Crippen molar-refractivity contribution in [2.24, 2.45) is 5.92 Å². The molecule has 130 valence electrons. The fourth-order valence-corrected chi connectivity index (χ4v) is 3.95. The minimum absolute atomic E-state index is 0.0825. The van der Waals surface area contributed by atoms with E-state index in [-0.39, 0.29) is 5.91 Å². The number of nitrogens with one attached hydrogen (secondary N) is 1. The van der Waals surface area contributed by atoms with E-state index < -0.39 is 0 Å². The molecule has 1 saturated carbocycles. The summed E-state index contributed by atoms with van der Waals surface area (Å²) in [5.41, 5.74) is 1.32. The normalized spacial score (nSPS) is 27.7. The van der Waals surface area contributed by atoms with Crippen LogP contribution < -0.4 is 5.32 Å². The Labute approximate surface area is 139 Å². The van der Waals surface area contributed by atoms with Gasteiger partial charge in [-0.1, -0.05) is 12.0 Å². The maximum Gasteiger partial charge on any atom is 0.243 e. The molecule has 3 aliphatic rings. The highest BCUT2D eigenvalue weighted by atomic mass is 16.5. The second-order valence-electron chi connectivity index (χ2n) is 6.95. The average molecular weight is 322 g/mol. The fourth-order valence-electron chi connectivity index (χ4n) is 3.95. The Morgan fingerprint density at radius 1 is 1.17 bits per heavy atom. The molecule has 0 aromatic rings. The van der Waals surface area contributed by atoms with Crippen LogP contribution >= 0.6 is 0 Å². The second kappa shape index (κ2) is 8.81. The summed E-state index contributed by atoms with van der Waals surface area (Å²) in [5, 5.41) is 3.15. The van der Waals surface area contributed by atoms with Crippen molar-refractivity contribution < 1.29 is 14.3 Å². The molecule has 5 heteroatoms. The number of hydrogen-bond acceptors (Lipinski definition) is 4. The largest absolute Gasteiger partial charge is 0.381 e. The van der Waals surface area contributed by atoms with Crippen LogP contribution in [-0.4, -0.2) is 62.9 Å². The smallest absolute Gasteiger partial charge is 0.243 e. The van der Waals surface area contributed by atoms with Gasteiger partial charge in [0.15, 0.2) is 0 Å². The van der Waals surface area contributed by atoms with E-state index in [4.69, 9.17) is 9.47 Å². The Kier molecular flexibility index (Phi) is 6.48. The van der Waals surface area contributed by atoms with Crippen LogP contribution in [0.4, 0.5) is 0 Å². The second-order valence-corrected chi connectivity index (χ2v) is 6.95. The molecule has 2 saturated heterocycles. The summed E-state index contributed by atoms with van der Waals surface area (Å²) in [6.45, 7) is 5.89. The maximum atomic E-state index is 12.3. The van der Waals surface area contributed by atoms with Gasteiger partial charge in [-0.25, -0.2) is 0 Å². The predicted octanol–water partition coefficient (Wildman–Crippen LogP) is 1.73. The molecular weight excluding hydrogens is 292 g/mol. The van der Waals surface area contributed by atoms with Gasteiger partial charge in [-0.3, -0.25) is 9.69 Å². The van der Waals surface area contributed by atoms with Crippen LogP contribution in [0.1, 0.15) is 38.5 Å². The molecule has 2 atom stereocenters. The van der Waals surface area contributed by atoms with Crippen molar-refractivity contribution in [3.8, 4) is 0 Å².